The third-order valence-electron chi connectivity index (χ3n) is 3.37. The van der Waals surface area contributed by atoms with Gasteiger partial charge in [-0.2, -0.15) is 0 Å². The van der Waals surface area contributed by atoms with Crippen LogP contribution in [0, 0.1) is 5.41 Å². The molecule has 1 saturated heterocycles. The predicted octanol–water partition coefficient (Wildman–Crippen LogP) is 0.572. The molecule has 1 aliphatic carbocycles. The van der Waals surface area contributed by atoms with Crippen LogP contribution in [0.2, 0.25) is 0 Å². The van der Waals surface area contributed by atoms with Gasteiger partial charge in [-0.25, -0.2) is 4.79 Å². The number of hydrogen-bond donors (Lipinski definition) is 1. The Hall–Kier alpha value is -0.610. The van der Waals surface area contributed by atoms with Gasteiger partial charge in [-0.3, -0.25) is 0 Å². The third-order valence-corrected chi connectivity index (χ3v) is 3.37. The Labute approximate surface area is 83.8 Å². The van der Waals surface area contributed by atoms with Crippen molar-refractivity contribution in [3.05, 3.63) is 0 Å². The van der Waals surface area contributed by atoms with E-state index >= 15 is 0 Å². The van der Waals surface area contributed by atoms with Gasteiger partial charge in [-0.15, -0.1) is 0 Å². The third kappa shape index (κ3) is 2.07. The molecule has 0 unspecified atom stereocenters. The van der Waals surface area contributed by atoms with Crippen molar-refractivity contribution in [3.63, 3.8) is 0 Å². The van der Waals surface area contributed by atoms with Crippen molar-refractivity contribution in [1.29, 1.82) is 0 Å². The summed E-state index contributed by atoms with van der Waals surface area (Å²) >= 11 is 0. The predicted molar refractivity (Wildman–Crippen MR) is 51.2 cm³/mol. The van der Waals surface area contributed by atoms with Crippen LogP contribution in [0.15, 0.2) is 0 Å². The average Bonchev–Trinajstić information content (AvgIpc) is 2.74. The normalized spacial score (nSPS) is 29.6. The summed E-state index contributed by atoms with van der Waals surface area (Å²) in [5.41, 5.74) is 0.575. The molecule has 80 valence electrons. The second-order valence-corrected chi connectivity index (χ2v) is 4.68. The van der Waals surface area contributed by atoms with Crippen LogP contribution in [0.3, 0.4) is 0 Å². The van der Waals surface area contributed by atoms with Gasteiger partial charge in [-0.1, -0.05) is 0 Å². The van der Waals surface area contributed by atoms with E-state index < -0.39 is 5.97 Å². The van der Waals surface area contributed by atoms with E-state index in [1.807, 2.05) is 0 Å². The highest BCUT2D eigenvalue weighted by Crippen LogP contribution is 2.54. The smallest absolute Gasteiger partial charge is 0.329 e. The number of aliphatic carboxylic acids is 1. The second kappa shape index (κ2) is 3.51. The number of carboxylic acid groups (broad SMARTS) is 1. The molecule has 1 heterocycles. The first-order valence-corrected chi connectivity index (χ1v) is 5.11. The minimum Gasteiger partial charge on any atom is -0.480 e. The molecular formula is C10H17NO3. The SMILES string of the molecule is CN1CC2(CC2)C[C@H]1COCC(=O)O. The molecule has 1 atom stereocenters. The number of nitrogens with zero attached hydrogens (tertiary/aromatic N) is 1. The van der Waals surface area contributed by atoms with Crippen LogP contribution in [0.5, 0.6) is 0 Å². The van der Waals surface area contributed by atoms with Gasteiger partial charge in [0.15, 0.2) is 0 Å². The molecule has 14 heavy (non-hydrogen) atoms. The van der Waals surface area contributed by atoms with E-state index in [0.29, 0.717) is 18.1 Å². The van der Waals surface area contributed by atoms with Crippen LogP contribution >= 0.6 is 0 Å². The highest BCUT2D eigenvalue weighted by Gasteiger charge is 2.50. The van der Waals surface area contributed by atoms with E-state index in [2.05, 4.69) is 11.9 Å². The molecule has 0 radical (unpaired) electrons. The first-order chi connectivity index (χ1) is 6.61. The van der Waals surface area contributed by atoms with E-state index in [1.54, 1.807) is 0 Å². The summed E-state index contributed by atoms with van der Waals surface area (Å²) in [6.07, 6.45) is 3.86. The Morgan fingerprint density at radius 3 is 2.86 bits per heavy atom. The first kappa shape index (κ1) is 9.93. The van der Waals surface area contributed by atoms with Crippen molar-refractivity contribution in [2.24, 2.45) is 5.41 Å². The van der Waals surface area contributed by atoms with E-state index in [0.717, 1.165) is 6.54 Å². The molecule has 2 fully saturated rings. The van der Waals surface area contributed by atoms with Crippen LogP contribution in [0.25, 0.3) is 0 Å². The Kier molecular flexibility index (Phi) is 2.49. The van der Waals surface area contributed by atoms with Gasteiger partial charge in [0.2, 0.25) is 0 Å². The maximum atomic E-state index is 10.3. The van der Waals surface area contributed by atoms with E-state index in [-0.39, 0.29) is 6.61 Å². The second-order valence-electron chi connectivity index (χ2n) is 4.68. The Morgan fingerprint density at radius 1 is 1.64 bits per heavy atom. The zero-order valence-corrected chi connectivity index (χ0v) is 8.53. The fourth-order valence-electron chi connectivity index (χ4n) is 2.39. The van der Waals surface area contributed by atoms with Gasteiger partial charge < -0.3 is 14.7 Å². The van der Waals surface area contributed by atoms with Gasteiger partial charge in [0.25, 0.3) is 0 Å². The Morgan fingerprint density at radius 2 is 2.36 bits per heavy atom. The molecule has 0 aromatic heterocycles. The van der Waals surface area contributed by atoms with Crippen molar-refractivity contribution in [2.45, 2.75) is 25.3 Å². The Bertz CT molecular complexity index is 238. The number of likely N-dealkylation sites (N-methyl/N-ethyl adjacent to an activating group) is 1. The molecule has 2 aliphatic rings. The van der Waals surface area contributed by atoms with Crippen molar-refractivity contribution in [1.82, 2.24) is 4.90 Å². The molecule has 1 N–H and O–H groups in total. The number of rotatable bonds is 4. The molecule has 1 saturated carbocycles. The summed E-state index contributed by atoms with van der Waals surface area (Å²) in [5, 5.41) is 8.43. The number of likely N-dealkylation sites (tertiary alicyclic amines) is 1. The van der Waals surface area contributed by atoms with E-state index in [4.69, 9.17) is 9.84 Å². The zero-order chi connectivity index (χ0) is 10.2. The highest BCUT2D eigenvalue weighted by atomic mass is 16.5. The van der Waals surface area contributed by atoms with Crippen LogP contribution in [0.1, 0.15) is 19.3 Å². The molecule has 0 bridgehead atoms. The monoisotopic (exact) mass is 199 g/mol. The molecule has 1 aliphatic heterocycles. The molecule has 0 amide bonds. The number of ether oxygens (including phenoxy) is 1. The topological polar surface area (TPSA) is 49.8 Å². The summed E-state index contributed by atoms with van der Waals surface area (Å²) in [7, 11) is 2.10. The molecule has 4 heteroatoms. The standard InChI is InChI=1S/C10H17NO3/c1-11-7-10(2-3-10)4-8(11)5-14-6-9(12)13/h8H,2-7H2,1H3,(H,12,13)/t8-/m0/s1. The lowest BCUT2D eigenvalue weighted by Crippen LogP contribution is -2.30. The van der Waals surface area contributed by atoms with Crippen molar-refractivity contribution >= 4 is 5.97 Å². The molecule has 0 aromatic carbocycles. The lowest BCUT2D eigenvalue weighted by molar-refractivity contribution is -0.142. The maximum Gasteiger partial charge on any atom is 0.329 e. The summed E-state index contributed by atoms with van der Waals surface area (Å²) in [4.78, 5) is 12.6. The van der Waals surface area contributed by atoms with Crippen molar-refractivity contribution in [3.8, 4) is 0 Å². The fourth-order valence-corrected chi connectivity index (χ4v) is 2.39. The van der Waals surface area contributed by atoms with Gasteiger partial charge in [0.1, 0.15) is 6.61 Å². The molecule has 4 nitrogen and oxygen atoms in total. The average molecular weight is 199 g/mol. The summed E-state index contributed by atoms with van der Waals surface area (Å²) in [5.74, 6) is -0.883. The lowest BCUT2D eigenvalue weighted by atomic mass is 10.0. The number of carboxylic acids is 1. The summed E-state index contributed by atoms with van der Waals surface area (Å²) in [6.45, 7) is 1.55. The molecular weight excluding hydrogens is 182 g/mol. The summed E-state index contributed by atoms with van der Waals surface area (Å²) in [6, 6.07) is 0.428. The first-order valence-electron chi connectivity index (χ1n) is 5.11. The van der Waals surface area contributed by atoms with Gasteiger partial charge in [0.05, 0.1) is 6.61 Å². The minimum absolute atomic E-state index is 0.169. The molecule has 1 spiro atoms. The number of carbonyl (C=O) groups is 1. The van der Waals surface area contributed by atoms with Crippen molar-refractivity contribution in [2.75, 3.05) is 26.8 Å². The fraction of sp³-hybridized carbons (Fsp3) is 0.900. The highest BCUT2D eigenvalue weighted by molar-refractivity contribution is 5.67. The quantitative estimate of drug-likeness (QED) is 0.719. The molecule has 2 rings (SSSR count). The number of hydrogen-bond acceptors (Lipinski definition) is 3. The van der Waals surface area contributed by atoms with Crippen LogP contribution in [-0.4, -0.2) is 48.8 Å². The van der Waals surface area contributed by atoms with Crippen LogP contribution < -0.4 is 0 Å². The minimum atomic E-state index is -0.883. The van der Waals surface area contributed by atoms with E-state index in [9.17, 15) is 4.79 Å². The zero-order valence-electron chi connectivity index (χ0n) is 8.53. The van der Waals surface area contributed by atoms with Gasteiger partial charge >= 0.3 is 5.97 Å². The Balaban J connectivity index is 1.73. The molecule has 0 aromatic rings. The lowest BCUT2D eigenvalue weighted by Gasteiger charge is -2.18. The largest absolute Gasteiger partial charge is 0.480 e. The summed E-state index contributed by atoms with van der Waals surface area (Å²) < 4.78 is 5.13. The van der Waals surface area contributed by atoms with Crippen LogP contribution in [-0.2, 0) is 9.53 Å². The van der Waals surface area contributed by atoms with E-state index in [1.165, 1.54) is 19.3 Å². The maximum absolute atomic E-state index is 10.3. The van der Waals surface area contributed by atoms with Crippen LogP contribution in [0.4, 0.5) is 0 Å². The van der Waals surface area contributed by atoms with Gasteiger partial charge in [0, 0.05) is 12.6 Å². The van der Waals surface area contributed by atoms with Crippen molar-refractivity contribution < 1.29 is 14.6 Å². The van der Waals surface area contributed by atoms with Gasteiger partial charge in [-0.05, 0) is 31.7 Å².